The van der Waals surface area contributed by atoms with Gasteiger partial charge in [-0.3, -0.25) is 0 Å². The van der Waals surface area contributed by atoms with Crippen LogP contribution in [-0.2, 0) is 4.74 Å². The van der Waals surface area contributed by atoms with Crippen molar-refractivity contribution < 1.29 is 17.9 Å². The summed E-state index contributed by atoms with van der Waals surface area (Å²) in [6, 6.07) is 8.74. The fraction of sp³-hybridized carbons (Fsp3) is 0.167. The Hall–Kier alpha value is -1.59. The molecule has 0 radical (unpaired) electrons. The van der Waals surface area contributed by atoms with Crippen LogP contribution in [0.25, 0.3) is 0 Å². The summed E-state index contributed by atoms with van der Waals surface area (Å²) in [7, 11) is 0. The summed E-state index contributed by atoms with van der Waals surface area (Å²) in [5.41, 5.74) is 0.406. The first-order valence-corrected chi connectivity index (χ1v) is 7.64. The van der Waals surface area contributed by atoms with E-state index in [1.807, 2.05) is 0 Å². The Balaban J connectivity index is 2.00. The van der Waals surface area contributed by atoms with Gasteiger partial charge in [0.25, 0.3) is 0 Å². The molecule has 2 aliphatic rings. The van der Waals surface area contributed by atoms with Crippen molar-refractivity contribution in [1.82, 2.24) is 0 Å². The lowest BCUT2D eigenvalue weighted by Gasteiger charge is -2.26. The second-order valence-electron chi connectivity index (χ2n) is 4.33. The fourth-order valence-corrected chi connectivity index (χ4v) is 3.08. The average molecular weight is 453 g/mol. The minimum Gasteiger partial charge on any atom is -0.324 e. The highest BCUT2D eigenvalue weighted by Crippen LogP contribution is 2.36. The maximum absolute atomic E-state index is 12.8. The highest BCUT2D eigenvalue weighted by Gasteiger charge is 2.53. The Morgan fingerprint density at radius 3 is 2.39 bits per heavy atom. The molecule has 0 saturated carbocycles. The number of para-hydroxylation sites is 1. The number of rotatable bonds is 2. The largest absolute Gasteiger partial charge is 0.526 e. The normalized spacial score (nSPS) is 23.5. The van der Waals surface area contributed by atoms with Crippen molar-refractivity contribution in [3.05, 3.63) is 30.3 Å². The van der Waals surface area contributed by atoms with Crippen LogP contribution in [0.1, 0.15) is 0 Å². The first kappa shape index (κ1) is 16.3. The number of amidine groups is 1. The molecule has 0 aromatic heterocycles. The number of ether oxygens (including phenoxy) is 1. The van der Waals surface area contributed by atoms with Crippen LogP contribution < -0.4 is 5.32 Å². The highest BCUT2D eigenvalue weighted by molar-refractivity contribution is 9.19. The van der Waals surface area contributed by atoms with E-state index in [-0.39, 0.29) is 21.0 Å². The third-order valence-electron chi connectivity index (χ3n) is 2.70. The highest BCUT2D eigenvalue weighted by atomic mass is 79.9. The maximum atomic E-state index is 12.8. The molecule has 1 unspecified atom stereocenters. The van der Waals surface area contributed by atoms with E-state index in [0.29, 0.717) is 5.69 Å². The van der Waals surface area contributed by atoms with Gasteiger partial charge >= 0.3 is 12.2 Å². The summed E-state index contributed by atoms with van der Waals surface area (Å²) in [5, 5.41) is 2.80. The van der Waals surface area contributed by atoms with Crippen LogP contribution in [0, 0.1) is 0 Å². The van der Waals surface area contributed by atoms with Crippen LogP contribution in [0.4, 0.5) is 18.9 Å². The molecule has 1 aromatic rings. The van der Waals surface area contributed by atoms with E-state index < -0.39 is 12.2 Å². The lowest BCUT2D eigenvalue weighted by atomic mass is 10.2. The van der Waals surface area contributed by atoms with Crippen molar-refractivity contribution in [1.29, 1.82) is 0 Å². The summed E-state index contributed by atoms with van der Waals surface area (Å²) >= 11 is 5.99. The van der Waals surface area contributed by atoms with Gasteiger partial charge in [-0.1, -0.05) is 18.2 Å². The molecule has 1 aromatic carbocycles. The van der Waals surface area contributed by atoms with Gasteiger partial charge in [-0.05, 0) is 44.0 Å². The summed E-state index contributed by atoms with van der Waals surface area (Å²) in [4.78, 5) is 15.4. The lowest BCUT2D eigenvalue weighted by Crippen LogP contribution is -2.45. The Morgan fingerprint density at radius 1 is 1.04 bits per heavy atom. The summed E-state index contributed by atoms with van der Waals surface area (Å²) in [5.74, 6) is -2.44. The van der Waals surface area contributed by atoms with Gasteiger partial charge in [0, 0.05) is 5.69 Å². The molecule has 3 rings (SSSR count). The summed E-state index contributed by atoms with van der Waals surface area (Å²) in [6.07, 6.45) is -4.96. The molecule has 0 saturated heterocycles. The molecule has 23 heavy (non-hydrogen) atoms. The molecule has 1 N–H and O–H groups in total. The first-order chi connectivity index (χ1) is 10.8. The van der Waals surface area contributed by atoms with Crippen molar-refractivity contribution in [2.24, 2.45) is 20.0 Å². The van der Waals surface area contributed by atoms with Crippen LogP contribution in [-0.4, -0.2) is 33.2 Å². The van der Waals surface area contributed by atoms with Crippen LogP contribution in [0.5, 0.6) is 0 Å². The third-order valence-corrected chi connectivity index (χ3v) is 3.61. The molecule has 2 aliphatic heterocycles. The Bertz CT molecular complexity index is 760. The first-order valence-electron chi connectivity index (χ1n) is 6.05. The van der Waals surface area contributed by atoms with Crippen molar-refractivity contribution in [2.45, 2.75) is 12.2 Å². The van der Waals surface area contributed by atoms with E-state index in [1.54, 1.807) is 30.3 Å². The van der Waals surface area contributed by atoms with Gasteiger partial charge in [0.2, 0.25) is 5.96 Å². The van der Waals surface area contributed by atoms with Crippen molar-refractivity contribution in [3.8, 4) is 0 Å². The fourth-order valence-electron chi connectivity index (χ4n) is 1.90. The van der Waals surface area contributed by atoms with Gasteiger partial charge in [-0.15, -0.1) is 13.2 Å². The number of halogens is 5. The number of guanidine groups is 1. The van der Waals surface area contributed by atoms with Crippen LogP contribution in [0.3, 0.4) is 0 Å². The molecular weight excluding hydrogens is 447 g/mol. The monoisotopic (exact) mass is 451 g/mol. The minimum absolute atomic E-state index is 0.0391. The maximum Gasteiger partial charge on any atom is 0.526 e. The molecule has 0 amide bonds. The Morgan fingerprint density at radius 2 is 1.74 bits per heavy atom. The van der Waals surface area contributed by atoms with Crippen LogP contribution in [0.15, 0.2) is 50.3 Å². The van der Waals surface area contributed by atoms with Crippen molar-refractivity contribution >= 4 is 58.6 Å². The van der Waals surface area contributed by atoms with Gasteiger partial charge in [0.05, 0.1) is 0 Å². The zero-order valence-corrected chi connectivity index (χ0v) is 14.1. The van der Waals surface area contributed by atoms with Crippen LogP contribution >= 0.6 is 31.9 Å². The number of hydrogen-bond acceptors (Lipinski definition) is 6. The summed E-state index contributed by atoms with van der Waals surface area (Å²) < 4.78 is 42.4. The second-order valence-corrected chi connectivity index (χ2v) is 5.79. The zero-order chi connectivity index (χ0) is 16.7. The van der Waals surface area contributed by atoms with Crippen molar-refractivity contribution in [3.63, 3.8) is 0 Å². The van der Waals surface area contributed by atoms with E-state index in [2.05, 4.69) is 61.9 Å². The predicted octanol–water partition coefficient (Wildman–Crippen LogP) is 3.66. The zero-order valence-electron chi connectivity index (χ0n) is 11.0. The summed E-state index contributed by atoms with van der Waals surface area (Å²) in [6.45, 7) is 0. The SMILES string of the molecule is FC(F)(F)OC12N=C(Br)N=C(Br)C1=NC(Nc1ccccc1)=N2. The number of hydrogen-bond donors (Lipinski definition) is 1. The predicted molar refractivity (Wildman–Crippen MR) is 87.5 cm³/mol. The van der Waals surface area contributed by atoms with E-state index >= 15 is 0 Å². The molecule has 0 fully saturated rings. The molecule has 6 nitrogen and oxygen atoms in total. The van der Waals surface area contributed by atoms with Gasteiger partial charge in [-0.2, -0.15) is 9.98 Å². The quantitative estimate of drug-likeness (QED) is 0.695. The Labute approximate surface area is 144 Å². The average Bonchev–Trinajstić information content (AvgIpc) is 2.75. The molecule has 120 valence electrons. The second kappa shape index (κ2) is 5.80. The standard InChI is InChI=1S/C12H6Br2F3N5O/c13-8-7-11(21-9(14)20-8,23-12(15,16)17)22-10(19-7)18-6-4-2-1-3-5-6/h1-5H,(H,18,22). The molecular formula is C12H6Br2F3N5O. The van der Waals surface area contributed by atoms with E-state index in [4.69, 9.17) is 0 Å². The minimum atomic E-state index is -4.96. The molecule has 0 aliphatic carbocycles. The number of anilines is 1. The molecule has 11 heteroatoms. The smallest absolute Gasteiger partial charge is 0.324 e. The number of benzene rings is 1. The van der Waals surface area contributed by atoms with E-state index in [9.17, 15) is 13.2 Å². The van der Waals surface area contributed by atoms with Crippen molar-refractivity contribution in [2.75, 3.05) is 5.32 Å². The topological polar surface area (TPSA) is 70.7 Å². The molecule has 0 bridgehead atoms. The number of nitrogens with zero attached hydrogens (tertiary/aromatic N) is 4. The molecule has 0 spiro atoms. The molecule has 2 heterocycles. The number of aliphatic imine (C=N–C) groups is 4. The van der Waals surface area contributed by atoms with Gasteiger partial charge in [0.15, 0.2) is 10.5 Å². The lowest BCUT2D eigenvalue weighted by molar-refractivity contribution is -0.351. The number of fused-ring (bicyclic) bond motifs is 1. The third kappa shape index (κ3) is 3.51. The van der Waals surface area contributed by atoms with Gasteiger partial charge in [-0.25, -0.2) is 14.7 Å². The van der Waals surface area contributed by atoms with Crippen LogP contribution in [0.2, 0.25) is 0 Å². The number of alkyl halides is 3. The van der Waals surface area contributed by atoms with Gasteiger partial charge < -0.3 is 5.32 Å². The Kier molecular flexibility index (Phi) is 4.10. The number of nitrogens with one attached hydrogen (secondary N) is 1. The van der Waals surface area contributed by atoms with E-state index in [1.165, 1.54) is 0 Å². The van der Waals surface area contributed by atoms with Gasteiger partial charge in [0.1, 0.15) is 4.62 Å². The van der Waals surface area contributed by atoms with E-state index in [0.717, 1.165) is 0 Å². The molecule has 1 atom stereocenters.